The third kappa shape index (κ3) is 3.50. The zero-order valence-corrected chi connectivity index (χ0v) is 16.6. The van der Waals surface area contributed by atoms with Crippen molar-refractivity contribution in [2.45, 2.75) is 12.5 Å². The summed E-state index contributed by atoms with van der Waals surface area (Å²) in [5, 5.41) is 8.09. The molecule has 0 aliphatic carbocycles. The Kier molecular flexibility index (Phi) is 4.62. The van der Waals surface area contributed by atoms with E-state index in [1.54, 1.807) is 15.8 Å². The summed E-state index contributed by atoms with van der Waals surface area (Å²) in [4.78, 5) is 14.9. The van der Waals surface area contributed by atoms with E-state index in [1.165, 1.54) is 6.07 Å². The van der Waals surface area contributed by atoms with Crippen molar-refractivity contribution in [3.05, 3.63) is 94.9 Å². The summed E-state index contributed by atoms with van der Waals surface area (Å²) >= 11 is 0. The third-order valence-electron chi connectivity index (χ3n) is 5.53. The van der Waals surface area contributed by atoms with Crippen LogP contribution in [-0.2, 0) is 13.6 Å². The lowest BCUT2D eigenvalue weighted by Gasteiger charge is -2.34. The maximum Gasteiger partial charge on any atom is 0.276 e. The van der Waals surface area contributed by atoms with Crippen LogP contribution in [0, 0.1) is 11.6 Å². The number of fused-ring (bicyclic) bond motifs is 1. The molecule has 1 atom stereocenters. The van der Waals surface area contributed by atoms with Gasteiger partial charge in [-0.15, -0.1) is 0 Å². The first-order valence-electron chi connectivity index (χ1n) is 9.77. The van der Waals surface area contributed by atoms with Gasteiger partial charge in [0.05, 0.1) is 11.8 Å². The smallest absolute Gasteiger partial charge is 0.276 e. The molecule has 0 spiro atoms. The number of halogens is 2. The van der Waals surface area contributed by atoms with Gasteiger partial charge in [-0.05, 0) is 34.9 Å². The van der Waals surface area contributed by atoms with Gasteiger partial charge in [-0.2, -0.15) is 5.10 Å². The van der Waals surface area contributed by atoms with Crippen LogP contribution in [0.25, 0.3) is 11.3 Å². The van der Waals surface area contributed by atoms with E-state index in [1.807, 2.05) is 31.4 Å². The Balaban J connectivity index is 1.46. The van der Waals surface area contributed by atoms with Gasteiger partial charge in [0.15, 0.2) is 11.5 Å². The van der Waals surface area contributed by atoms with Gasteiger partial charge in [-0.3, -0.25) is 9.48 Å². The van der Waals surface area contributed by atoms with Crippen LogP contribution >= 0.6 is 0 Å². The number of aryl methyl sites for hydroxylation is 1. The van der Waals surface area contributed by atoms with Crippen molar-refractivity contribution in [2.24, 2.45) is 7.05 Å². The van der Waals surface area contributed by atoms with Crippen molar-refractivity contribution in [3.8, 4) is 11.3 Å². The first kappa shape index (κ1) is 19.2. The first-order valence-corrected chi connectivity index (χ1v) is 9.77. The lowest BCUT2D eigenvalue weighted by atomic mass is 9.86. The minimum absolute atomic E-state index is 0.00145. The molecule has 0 saturated carbocycles. The Morgan fingerprint density at radius 1 is 1.16 bits per heavy atom. The van der Waals surface area contributed by atoms with E-state index in [0.717, 1.165) is 34.9 Å². The Labute approximate surface area is 176 Å². The van der Waals surface area contributed by atoms with Crippen molar-refractivity contribution in [1.82, 2.24) is 19.8 Å². The van der Waals surface area contributed by atoms with E-state index < -0.39 is 11.6 Å². The zero-order chi connectivity index (χ0) is 21.5. The maximum absolute atomic E-state index is 14.1. The molecule has 156 valence electrons. The van der Waals surface area contributed by atoms with E-state index in [4.69, 9.17) is 4.52 Å². The molecule has 1 aliphatic heterocycles. The topological polar surface area (TPSA) is 64.2 Å². The van der Waals surface area contributed by atoms with E-state index >= 15 is 0 Å². The summed E-state index contributed by atoms with van der Waals surface area (Å²) in [6.07, 6.45) is 3.74. The summed E-state index contributed by atoms with van der Waals surface area (Å²) in [5.41, 5.74) is 3.17. The molecule has 1 amide bonds. The normalized spacial score (nSPS) is 15.7. The average molecular weight is 420 g/mol. The summed E-state index contributed by atoms with van der Waals surface area (Å²) in [6, 6.07) is 12.4. The molecular weight excluding hydrogens is 402 g/mol. The Morgan fingerprint density at radius 2 is 2.00 bits per heavy atom. The molecule has 8 heteroatoms. The monoisotopic (exact) mass is 420 g/mol. The van der Waals surface area contributed by atoms with Gasteiger partial charge in [-0.25, -0.2) is 8.78 Å². The van der Waals surface area contributed by atoms with Crippen molar-refractivity contribution < 1.29 is 18.1 Å². The second-order valence-corrected chi connectivity index (χ2v) is 7.58. The number of hydrogen-bond acceptors (Lipinski definition) is 4. The largest absolute Gasteiger partial charge is 0.355 e. The van der Waals surface area contributed by atoms with Crippen LogP contribution in [-0.4, -0.2) is 32.3 Å². The number of aromatic nitrogens is 3. The molecule has 1 unspecified atom stereocenters. The zero-order valence-electron chi connectivity index (χ0n) is 16.6. The number of amides is 1. The molecule has 2 aromatic carbocycles. The summed E-state index contributed by atoms with van der Waals surface area (Å²) in [6.45, 7) is 0.861. The lowest BCUT2D eigenvalue weighted by molar-refractivity contribution is 0.0714. The highest BCUT2D eigenvalue weighted by Crippen LogP contribution is 2.34. The molecule has 0 bridgehead atoms. The van der Waals surface area contributed by atoms with Gasteiger partial charge in [0.1, 0.15) is 11.6 Å². The molecule has 4 aromatic rings. The molecule has 6 nitrogen and oxygen atoms in total. The molecule has 0 N–H and O–H groups in total. The van der Waals surface area contributed by atoms with Crippen molar-refractivity contribution in [1.29, 1.82) is 0 Å². The average Bonchev–Trinajstić information content (AvgIpc) is 3.43. The highest BCUT2D eigenvalue weighted by molar-refractivity contribution is 5.93. The predicted molar refractivity (Wildman–Crippen MR) is 108 cm³/mol. The molecule has 1 aliphatic rings. The van der Waals surface area contributed by atoms with E-state index in [9.17, 15) is 13.6 Å². The Morgan fingerprint density at radius 3 is 2.81 bits per heavy atom. The third-order valence-corrected chi connectivity index (χ3v) is 5.53. The molecule has 0 radical (unpaired) electrons. The standard InChI is InChI=1S/C23H18F2N4O2/c1-28-11-15(10-26-28)19-13-29(12-14-4-2-3-5-17(14)19)23(30)21-9-22(31-27-21)18-8-16(24)6-7-20(18)25/h2-11,19H,12-13H2,1H3. The minimum atomic E-state index is -0.653. The first-order chi connectivity index (χ1) is 15.0. The number of benzene rings is 2. The van der Waals surface area contributed by atoms with Crippen LogP contribution in [0.1, 0.15) is 33.1 Å². The molecule has 31 heavy (non-hydrogen) atoms. The lowest BCUT2D eigenvalue weighted by Crippen LogP contribution is -2.38. The number of carbonyl (C=O) groups excluding carboxylic acids is 1. The van der Waals surface area contributed by atoms with Crippen molar-refractivity contribution in [2.75, 3.05) is 6.54 Å². The number of hydrogen-bond donors (Lipinski definition) is 0. The van der Waals surface area contributed by atoms with E-state index in [2.05, 4.69) is 16.3 Å². The molecule has 5 rings (SSSR count). The van der Waals surface area contributed by atoms with E-state index in [-0.39, 0.29) is 28.8 Å². The maximum atomic E-state index is 14.1. The van der Waals surface area contributed by atoms with Crippen LogP contribution in [0.5, 0.6) is 0 Å². The molecule has 0 saturated heterocycles. The predicted octanol–water partition coefficient (Wildman–Crippen LogP) is 4.14. The highest BCUT2D eigenvalue weighted by atomic mass is 19.1. The Hall–Kier alpha value is -3.81. The van der Waals surface area contributed by atoms with Gasteiger partial charge < -0.3 is 9.42 Å². The van der Waals surface area contributed by atoms with Crippen LogP contribution in [0.3, 0.4) is 0 Å². The summed E-state index contributed by atoms with van der Waals surface area (Å²) < 4.78 is 34.5. The van der Waals surface area contributed by atoms with Crippen molar-refractivity contribution >= 4 is 5.91 Å². The van der Waals surface area contributed by atoms with Gasteiger partial charge in [0.25, 0.3) is 5.91 Å². The fourth-order valence-corrected chi connectivity index (χ4v) is 4.02. The van der Waals surface area contributed by atoms with Crippen LogP contribution in [0.15, 0.2) is 65.4 Å². The Bertz CT molecular complexity index is 1280. The number of carbonyl (C=O) groups is 1. The second-order valence-electron chi connectivity index (χ2n) is 7.58. The quantitative estimate of drug-likeness (QED) is 0.500. The number of rotatable bonds is 3. The van der Waals surface area contributed by atoms with Gasteiger partial charge in [0, 0.05) is 38.3 Å². The van der Waals surface area contributed by atoms with E-state index in [0.29, 0.717) is 13.1 Å². The van der Waals surface area contributed by atoms with Crippen LogP contribution < -0.4 is 0 Å². The fourth-order valence-electron chi connectivity index (χ4n) is 4.02. The second kappa shape index (κ2) is 7.46. The SMILES string of the molecule is Cn1cc(C2CN(C(=O)c3cc(-c4cc(F)ccc4F)on3)Cc3ccccc32)cn1. The number of nitrogens with zero attached hydrogens (tertiary/aromatic N) is 4. The molecule has 3 heterocycles. The minimum Gasteiger partial charge on any atom is -0.355 e. The van der Waals surface area contributed by atoms with Gasteiger partial charge in [-0.1, -0.05) is 29.4 Å². The van der Waals surface area contributed by atoms with Crippen LogP contribution in [0.4, 0.5) is 8.78 Å². The van der Waals surface area contributed by atoms with Gasteiger partial charge >= 0.3 is 0 Å². The fraction of sp³-hybridized carbons (Fsp3) is 0.174. The highest BCUT2D eigenvalue weighted by Gasteiger charge is 2.31. The summed E-state index contributed by atoms with van der Waals surface area (Å²) in [5.74, 6) is -1.63. The molecular formula is C23H18F2N4O2. The summed E-state index contributed by atoms with van der Waals surface area (Å²) in [7, 11) is 1.85. The van der Waals surface area contributed by atoms with Gasteiger partial charge in [0.2, 0.25) is 0 Å². The van der Waals surface area contributed by atoms with Crippen LogP contribution in [0.2, 0.25) is 0 Å². The molecule has 2 aromatic heterocycles. The molecule has 0 fully saturated rings. The van der Waals surface area contributed by atoms with Crippen molar-refractivity contribution in [3.63, 3.8) is 0 Å².